The number of benzene rings is 1. The minimum Gasteiger partial charge on any atom is -0.465 e. The van der Waals surface area contributed by atoms with Crippen LogP contribution in [0.1, 0.15) is 27.9 Å². The van der Waals surface area contributed by atoms with E-state index in [4.69, 9.17) is 0 Å². The molecule has 0 N–H and O–H groups in total. The van der Waals surface area contributed by atoms with Crippen molar-refractivity contribution in [1.29, 1.82) is 0 Å². The Hall–Kier alpha value is -1.45. The lowest BCUT2D eigenvalue weighted by atomic mass is 10.1. The van der Waals surface area contributed by atoms with Crippen molar-refractivity contribution in [3.8, 4) is 0 Å². The molecule has 1 rings (SSSR count). The summed E-state index contributed by atoms with van der Waals surface area (Å²) >= 11 is 0. The maximum absolute atomic E-state index is 12.5. The fourth-order valence-electron chi connectivity index (χ4n) is 1.16. The van der Waals surface area contributed by atoms with Gasteiger partial charge in [0.25, 0.3) is 6.43 Å². The number of carbonyl (C=O) groups is 1. The number of alkyl halides is 2. The van der Waals surface area contributed by atoms with Crippen molar-refractivity contribution in [3.63, 3.8) is 0 Å². The lowest BCUT2D eigenvalue weighted by molar-refractivity contribution is 0.0589. The maximum atomic E-state index is 12.5. The monoisotopic (exact) mass is 200 g/mol. The van der Waals surface area contributed by atoms with Crippen molar-refractivity contribution in [3.05, 3.63) is 34.9 Å². The predicted molar refractivity (Wildman–Crippen MR) is 47.5 cm³/mol. The van der Waals surface area contributed by atoms with E-state index in [1.165, 1.54) is 12.1 Å². The molecule has 0 bridgehead atoms. The van der Waals surface area contributed by atoms with Gasteiger partial charge in [-0.05, 0) is 19.1 Å². The number of ether oxygens (including phenoxy) is 1. The van der Waals surface area contributed by atoms with Crippen LogP contribution in [0.5, 0.6) is 0 Å². The number of hydrogen-bond acceptors (Lipinski definition) is 2. The normalized spacial score (nSPS) is 10.4. The zero-order chi connectivity index (χ0) is 10.7. The quantitative estimate of drug-likeness (QED) is 0.686. The number of hydrogen-bond donors (Lipinski definition) is 0. The number of carbonyl (C=O) groups excluding carboxylic acids is 1. The molecule has 0 amide bonds. The summed E-state index contributed by atoms with van der Waals surface area (Å²) in [5.41, 5.74) is 0.331. The van der Waals surface area contributed by atoms with Gasteiger partial charge in [-0.15, -0.1) is 0 Å². The van der Waals surface area contributed by atoms with E-state index in [-0.39, 0.29) is 11.1 Å². The highest BCUT2D eigenvalue weighted by Crippen LogP contribution is 2.24. The molecular weight excluding hydrogens is 190 g/mol. The van der Waals surface area contributed by atoms with Crippen LogP contribution in [0.4, 0.5) is 8.78 Å². The van der Waals surface area contributed by atoms with Gasteiger partial charge in [0, 0.05) is 5.56 Å². The molecule has 0 saturated carbocycles. The lowest BCUT2D eigenvalue weighted by Gasteiger charge is -2.07. The molecule has 14 heavy (non-hydrogen) atoms. The van der Waals surface area contributed by atoms with Gasteiger partial charge in [-0.25, -0.2) is 13.6 Å². The van der Waals surface area contributed by atoms with Crippen molar-refractivity contribution in [1.82, 2.24) is 0 Å². The Morgan fingerprint density at radius 2 is 2.07 bits per heavy atom. The molecule has 0 aromatic heterocycles. The second-order valence-corrected chi connectivity index (χ2v) is 2.88. The second-order valence-electron chi connectivity index (χ2n) is 2.88. The van der Waals surface area contributed by atoms with E-state index in [9.17, 15) is 13.6 Å². The molecule has 0 aliphatic rings. The number of methoxy groups -OCH3 is 1. The van der Waals surface area contributed by atoms with E-state index in [1.54, 1.807) is 13.0 Å². The van der Waals surface area contributed by atoms with E-state index in [2.05, 4.69) is 4.74 Å². The van der Waals surface area contributed by atoms with Crippen molar-refractivity contribution < 1.29 is 18.3 Å². The summed E-state index contributed by atoms with van der Waals surface area (Å²) in [5, 5.41) is 0. The van der Waals surface area contributed by atoms with Crippen LogP contribution in [0.15, 0.2) is 18.2 Å². The van der Waals surface area contributed by atoms with E-state index in [0.29, 0.717) is 5.56 Å². The SMILES string of the molecule is COC(=O)c1ccc(C)cc1C(F)F. The van der Waals surface area contributed by atoms with Crippen molar-refractivity contribution in [2.75, 3.05) is 7.11 Å². The van der Waals surface area contributed by atoms with Crippen LogP contribution < -0.4 is 0 Å². The zero-order valence-corrected chi connectivity index (χ0v) is 7.88. The first-order valence-electron chi connectivity index (χ1n) is 4.03. The van der Waals surface area contributed by atoms with Gasteiger partial charge in [0.2, 0.25) is 0 Å². The minimum absolute atomic E-state index is 0.0758. The Bertz CT molecular complexity index is 348. The van der Waals surface area contributed by atoms with Gasteiger partial charge >= 0.3 is 5.97 Å². The number of halogens is 2. The summed E-state index contributed by atoms with van der Waals surface area (Å²) in [6.45, 7) is 1.69. The first kappa shape index (κ1) is 10.6. The van der Waals surface area contributed by atoms with Crippen LogP contribution >= 0.6 is 0 Å². The maximum Gasteiger partial charge on any atom is 0.338 e. The molecule has 1 aromatic carbocycles. The Morgan fingerprint density at radius 3 is 2.57 bits per heavy atom. The zero-order valence-electron chi connectivity index (χ0n) is 7.88. The topological polar surface area (TPSA) is 26.3 Å². The highest BCUT2D eigenvalue weighted by molar-refractivity contribution is 5.91. The summed E-state index contributed by atoms with van der Waals surface area (Å²) in [5.74, 6) is -0.736. The molecular formula is C10H10F2O2. The van der Waals surface area contributed by atoms with E-state index in [0.717, 1.165) is 7.11 Å². The largest absolute Gasteiger partial charge is 0.465 e. The molecule has 2 nitrogen and oxygen atoms in total. The molecule has 0 aliphatic carbocycles. The van der Waals surface area contributed by atoms with Gasteiger partial charge in [-0.3, -0.25) is 0 Å². The third-order valence-corrected chi connectivity index (χ3v) is 1.85. The summed E-state index contributed by atoms with van der Waals surface area (Å²) in [6, 6.07) is 4.23. The molecule has 0 saturated heterocycles. The average molecular weight is 200 g/mol. The van der Waals surface area contributed by atoms with Gasteiger partial charge in [-0.2, -0.15) is 0 Å². The van der Waals surface area contributed by atoms with E-state index in [1.807, 2.05) is 0 Å². The third kappa shape index (κ3) is 2.07. The smallest absolute Gasteiger partial charge is 0.338 e. The Morgan fingerprint density at radius 1 is 1.43 bits per heavy atom. The number of rotatable bonds is 2. The molecule has 0 radical (unpaired) electrons. The first-order chi connectivity index (χ1) is 6.56. The standard InChI is InChI=1S/C10H10F2O2/c1-6-3-4-7(10(13)14-2)8(5-6)9(11)12/h3-5,9H,1-2H3. The molecule has 1 aromatic rings. The molecule has 4 heteroatoms. The molecule has 0 unspecified atom stereocenters. The van der Waals surface area contributed by atoms with Crippen LogP contribution in [-0.4, -0.2) is 13.1 Å². The van der Waals surface area contributed by atoms with E-state index < -0.39 is 12.4 Å². The van der Waals surface area contributed by atoms with Crippen molar-refractivity contribution in [2.24, 2.45) is 0 Å². The van der Waals surface area contributed by atoms with Gasteiger partial charge in [0.15, 0.2) is 0 Å². The summed E-state index contributed by atoms with van der Waals surface area (Å²) < 4.78 is 29.4. The molecule has 0 fully saturated rings. The fraction of sp³-hybridized carbons (Fsp3) is 0.300. The van der Waals surface area contributed by atoms with Crippen molar-refractivity contribution in [2.45, 2.75) is 13.3 Å². The predicted octanol–water partition coefficient (Wildman–Crippen LogP) is 2.72. The highest BCUT2D eigenvalue weighted by atomic mass is 19.3. The fourth-order valence-corrected chi connectivity index (χ4v) is 1.16. The summed E-state index contributed by atoms with van der Waals surface area (Å²) in [6.07, 6.45) is -2.66. The highest BCUT2D eigenvalue weighted by Gasteiger charge is 2.18. The second kappa shape index (κ2) is 4.17. The Labute approximate surface area is 80.5 Å². The summed E-state index contributed by atoms with van der Waals surface area (Å²) in [4.78, 5) is 11.1. The van der Waals surface area contributed by atoms with Gasteiger partial charge in [-0.1, -0.05) is 11.6 Å². The lowest BCUT2D eigenvalue weighted by Crippen LogP contribution is -2.06. The average Bonchev–Trinajstić information content (AvgIpc) is 2.16. The van der Waals surface area contributed by atoms with E-state index >= 15 is 0 Å². The number of aryl methyl sites for hydroxylation is 1. The minimum atomic E-state index is -2.66. The van der Waals surface area contributed by atoms with Crippen LogP contribution in [0.2, 0.25) is 0 Å². The Kier molecular flexibility index (Phi) is 3.17. The molecule has 0 atom stereocenters. The van der Waals surface area contributed by atoms with Crippen LogP contribution in [0, 0.1) is 6.92 Å². The Balaban J connectivity index is 3.21. The van der Waals surface area contributed by atoms with Crippen molar-refractivity contribution >= 4 is 5.97 Å². The first-order valence-corrected chi connectivity index (χ1v) is 4.03. The molecule has 0 spiro atoms. The van der Waals surface area contributed by atoms with Crippen LogP contribution in [0.25, 0.3) is 0 Å². The molecule has 76 valence electrons. The summed E-state index contributed by atoms with van der Waals surface area (Å²) in [7, 11) is 1.16. The molecule has 0 heterocycles. The van der Waals surface area contributed by atoms with Gasteiger partial charge in [0.1, 0.15) is 0 Å². The van der Waals surface area contributed by atoms with Gasteiger partial charge < -0.3 is 4.74 Å². The third-order valence-electron chi connectivity index (χ3n) is 1.85. The van der Waals surface area contributed by atoms with Crippen LogP contribution in [-0.2, 0) is 4.74 Å². The van der Waals surface area contributed by atoms with Crippen LogP contribution in [0.3, 0.4) is 0 Å². The molecule has 0 aliphatic heterocycles. The number of esters is 1. The van der Waals surface area contributed by atoms with Gasteiger partial charge in [0.05, 0.1) is 12.7 Å².